The lowest BCUT2D eigenvalue weighted by Gasteiger charge is -2.19. The first-order valence-corrected chi connectivity index (χ1v) is 8.09. The van der Waals surface area contributed by atoms with Crippen LogP contribution in [0.5, 0.6) is 0 Å². The molecule has 2 rings (SSSR count). The van der Waals surface area contributed by atoms with Crippen molar-refractivity contribution in [2.75, 3.05) is 6.54 Å². The third-order valence-corrected chi connectivity index (χ3v) is 4.18. The molecule has 1 atom stereocenters. The van der Waals surface area contributed by atoms with Crippen molar-refractivity contribution in [3.8, 4) is 0 Å². The van der Waals surface area contributed by atoms with Gasteiger partial charge in [-0.2, -0.15) is 5.10 Å². The fourth-order valence-corrected chi connectivity index (χ4v) is 2.58. The first-order chi connectivity index (χ1) is 10.1. The van der Waals surface area contributed by atoms with E-state index in [4.69, 9.17) is 23.2 Å². The van der Waals surface area contributed by atoms with Crippen LogP contribution in [0.2, 0.25) is 10.0 Å². The molecule has 1 N–H and O–H groups in total. The highest BCUT2D eigenvalue weighted by Gasteiger charge is 2.14. The van der Waals surface area contributed by atoms with Crippen LogP contribution in [0, 0.1) is 0 Å². The van der Waals surface area contributed by atoms with Gasteiger partial charge in [0.05, 0.1) is 16.2 Å². The maximum atomic E-state index is 6.15. The quantitative estimate of drug-likeness (QED) is 0.812. The zero-order valence-corrected chi connectivity index (χ0v) is 14.0. The summed E-state index contributed by atoms with van der Waals surface area (Å²) >= 11 is 12.2. The van der Waals surface area contributed by atoms with Crippen molar-refractivity contribution in [2.45, 2.75) is 39.3 Å². The van der Waals surface area contributed by atoms with Crippen LogP contribution in [-0.2, 0) is 13.0 Å². The summed E-state index contributed by atoms with van der Waals surface area (Å²) in [5.74, 6) is 0. The average molecular weight is 326 g/mol. The molecule has 1 aromatic heterocycles. The van der Waals surface area contributed by atoms with Crippen LogP contribution in [0.4, 0.5) is 0 Å². The van der Waals surface area contributed by atoms with Gasteiger partial charge in [0.1, 0.15) is 0 Å². The van der Waals surface area contributed by atoms with Crippen LogP contribution in [0.15, 0.2) is 30.6 Å². The number of rotatable bonds is 7. The number of aromatic nitrogens is 2. The molecule has 3 nitrogen and oxygen atoms in total. The Morgan fingerprint density at radius 3 is 2.67 bits per heavy atom. The summed E-state index contributed by atoms with van der Waals surface area (Å²) < 4.78 is 1.95. The molecule has 1 unspecified atom stereocenters. The number of aryl methyl sites for hydroxylation is 1. The predicted molar refractivity (Wildman–Crippen MR) is 89.1 cm³/mol. The van der Waals surface area contributed by atoms with Crippen LogP contribution in [0.3, 0.4) is 0 Å². The van der Waals surface area contributed by atoms with E-state index in [1.165, 1.54) is 5.56 Å². The largest absolute Gasteiger partial charge is 0.310 e. The molecule has 0 aliphatic heterocycles. The summed E-state index contributed by atoms with van der Waals surface area (Å²) in [5, 5.41) is 9.09. The van der Waals surface area contributed by atoms with Gasteiger partial charge < -0.3 is 5.32 Å². The van der Waals surface area contributed by atoms with Crippen LogP contribution >= 0.6 is 23.2 Å². The molecule has 0 spiro atoms. The lowest BCUT2D eigenvalue weighted by atomic mass is 10.0. The van der Waals surface area contributed by atoms with Crippen LogP contribution in [0.25, 0.3) is 0 Å². The normalized spacial score (nSPS) is 12.6. The molecule has 0 fully saturated rings. The van der Waals surface area contributed by atoms with E-state index >= 15 is 0 Å². The molecular formula is C16H21Cl2N3. The van der Waals surface area contributed by atoms with Crippen molar-refractivity contribution >= 4 is 23.2 Å². The van der Waals surface area contributed by atoms with Crippen molar-refractivity contribution in [3.63, 3.8) is 0 Å². The van der Waals surface area contributed by atoms with E-state index in [0.29, 0.717) is 10.0 Å². The molecular weight excluding hydrogens is 305 g/mol. The minimum Gasteiger partial charge on any atom is -0.310 e. The summed E-state index contributed by atoms with van der Waals surface area (Å²) in [6.07, 6.45) is 6.00. The predicted octanol–water partition coefficient (Wildman–Crippen LogP) is 4.49. The summed E-state index contributed by atoms with van der Waals surface area (Å²) in [7, 11) is 0. The van der Waals surface area contributed by atoms with Crippen molar-refractivity contribution in [2.24, 2.45) is 0 Å². The Labute approximate surface area is 136 Å². The second-order valence-corrected chi connectivity index (χ2v) is 5.90. The zero-order valence-electron chi connectivity index (χ0n) is 12.4. The van der Waals surface area contributed by atoms with Crippen LogP contribution in [-0.4, -0.2) is 16.3 Å². The average Bonchev–Trinajstić information content (AvgIpc) is 2.94. The summed E-state index contributed by atoms with van der Waals surface area (Å²) in [6.45, 7) is 6.10. The fraction of sp³-hybridized carbons (Fsp3) is 0.438. The lowest BCUT2D eigenvalue weighted by molar-refractivity contribution is 0.529. The Kier molecular flexibility index (Phi) is 6.09. The van der Waals surface area contributed by atoms with Crippen molar-refractivity contribution in [1.82, 2.24) is 15.1 Å². The summed E-state index contributed by atoms with van der Waals surface area (Å²) in [4.78, 5) is 0. The van der Waals surface area contributed by atoms with Gasteiger partial charge >= 0.3 is 0 Å². The number of benzene rings is 1. The number of nitrogens with one attached hydrogen (secondary N) is 1. The first-order valence-electron chi connectivity index (χ1n) is 7.33. The minimum atomic E-state index is 0.217. The Hall–Kier alpha value is -1.03. The Bertz CT molecular complexity index is 581. The van der Waals surface area contributed by atoms with Gasteiger partial charge in [-0.05, 0) is 49.6 Å². The molecule has 0 aliphatic carbocycles. The Balaban J connectivity index is 2.18. The third-order valence-electron chi connectivity index (χ3n) is 3.44. The first kappa shape index (κ1) is 16.3. The van der Waals surface area contributed by atoms with E-state index < -0.39 is 0 Å². The number of halogens is 2. The van der Waals surface area contributed by atoms with Crippen molar-refractivity contribution in [1.29, 1.82) is 0 Å². The summed E-state index contributed by atoms with van der Waals surface area (Å²) in [5.41, 5.74) is 2.37. The highest BCUT2D eigenvalue weighted by molar-refractivity contribution is 6.42. The van der Waals surface area contributed by atoms with Gasteiger partial charge in [0.25, 0.3) is 0 Å². The second-order valence-electron chi connectivity index (χ2n) is 5.09. The molecule has 0 saturated heterocycles. The van der Waals surface area contributed by atoms with Crippen LogP contribution < -0.4 is 5.32 Å². The SMILES string of the molecule is CCCNC(Cc1cnn(CC)c1)c1ccc(Cl)c(Cl)c1. The molecule has 2 aromatic rings. The van der Waals surface area contributed by atoms with E-state index in [2.05, 4.69) is 30.5 Å². The van der Waals surface area contributed by atoms with Gasteiger partial charge in [-0.25, -0.2) is 0 Å². The van der Waals surface area contributed by atoms with E-state index in [9.17, 15) is 0 Å². The van der Waals surface area contributed by atoms with Gasteiger partial charge in [-0.3, -0.25) is 4.68 Å². The Morgan fingerprint density at radius 1 is 1.24 bits per heavy atom. The molecule has 0 amide bonds. The van der Waals surface area contributed by atoms with Crippen LogP contribution in [0.1, 0.15) is 37.4 Å². The van der Waals surface area contributed by atoms with Crippen molar-refractivity contribution in [3.05, 3.63) is 51.8 Å². The van der Waals surface area contributed by atoms with E-state index in [-0.39, 0.29) is 6.04 Å². The second kappa shape index (κ2) is 7.83. The number of nitrogens with zero attached hydrogens (tertiary/aromatic N) is 2. The zero-order chi connectivity index (χ0) is 15.2. The highest BCUT2D eigenvalue weighted by Crippen LogP contribution is 2.27. The van der Waals surface area contributed by atoms with E-state index in [1.54, 1.807) is 0 Å². The smallest absolute Gasteiger partial charge is 0.0595 e. The fourth-order valence-electron chi connectivity index (χ4n) is 2.28. The highest BCUT2D eigenvalue weighted by atomic mass is 35.5. The molecule has 114 valence electrons. The standard InChI is InChI=1S/C16H21Cl2N3/c1-3-7-19-16(8-12-10-20-21(4-2)11-12)13-5-6-14(17)15(18)9-13/h5-6,9-11,16,19H,3-4,7-8H2,1-2H3. The topological polar surface area (TPSA) is 29.9 Å². The molecule has 1 heterocycles. The molecule has 1 aromatic carbocycles. The maximum absolute atomic E-state index is 6.15. The van der Waals surface area contributed by atoms with Gasteiger partial charge in [-0.1, -0.05) is 36.2 Å². The van der Waals surface area contributed by atoms with Gasteiger partial charge in [0.15, 0.2) is 0 Å². The molecule has 0 saturated carbocycles. The van der Waals surface area contributed by atoms with Gasteiger partial charge in [0.2, 0.25) is 0 Å². The van der Waals surface area contributed by atoms with Gasteiger partial charge in [0, 0.05) is 18.8 Å². The molecule has 0 aliphatic rings. The summed E-state index contributed by atoms with van der Waals surface area (Å²) in [6, 6.07) is 6.05. The molecule has 5 heteroatoms. The number of hydrogen-bond donors (Lipinski definition) is 1. The maximum Gasteiger partial charge on any atom is 0.0595 e. The molecule has 0 bridgehead atoms. The minimum absolute atomic E-state index is 0.217. The van der Waals surface area contributed by atoms with E-state index in [0.717, 1.165) is 31.5 Å². The Morgan fingerprint density at radius 2 is 2.05 bits per heavy atom. The van der Waals surface area contributed by atoms with E-state index in [1.807, 2.05) is 29.1 Å². The lowest BCUT2D eigenvalue weighted by Crippen LogP contribution is -2.24. The van der Waals surface area contributed by atoms with Crippen molar-refractivity contribution < 1.29 is 0 Å². The number of hydrogen-bond acceptors (Lipinski definition) is 2. The third kappa shape index (κ3) is 4.47. The molecule has 21 heavy (non-hydrogen) atoms. The molecule has 0 radical (unpaired) electrons. The van der Waals surface area contributed by atoms with Gasteiger partial charge in [-0.15, -0.1) is 0 Å². The monoisotopic (exact) mass is 325 g/mol.